The van der Waals surface area contributed by atoms with E-state index in [4.69, 9.17) is 0 Å². The van der Waals surface area contributed by atoms with Crippen molar-refractivity contribution < 1.29 is 9.18 Å². The third-order valence-electron chi connectivity index (χ3n) is 4.52. The molecule has 1 aliphatic heterocycles. The van der Waals surface area contributed by atoms with E-state index >= 15 is 0 Å². The van der Waals surface area contributed by atoms with Crippen molar-refractivity contribution in [3.8, 4) is 0 Å². The zero-order valence-electron chi connectivity index (χ0n) is 13.3. The van der Waals surface area contributed by atoms with E-state index in [0.29, 0.717) is 24.6 Å². The highest BCUT2D eigenvalue weighted by atomic mass is 32.1. The van der Waals surface area contributed by atoms with Crippen molar-refractivity contribution in [2.45, 2.75) is 25.2 Å². The van der Waals surface area contributed by atoms with Gasteiger partial charge in [-0.25, -0.2) is 9.37 Å². The summed E-state index contributed by atoms with van der Waals surface area (Å²) >= 11 is 1.46. The quantitative estimate of drug-likeness (QED) is 0.857. The van der Waals surface area contributed by atoms with E-state index in [-0.39, 0.29) is 11.7 Å². The van der Waals surface area contributed by atoms with Gasteiger partial charge in [0.15, 0.2) is 0 Å². The molecule has 1 aromatic carbocycles. The summed E-state index contributed by atoms with van der Waals surface area (Å²) in [4.78, 5) is 21.3. The molecule has 1 saturated carbocycles. The van der Waals surface area contributed by atoms with Crippen LogP contribution in [0.15, 0.2) is 24.3 Å². The Morgan fingerprint density at radius 3 is 2.67 bits per heavy atom. The minimum Gasteiger partial charge on any atom is -0.345 e. The highest BCUT2D eigenvalue weighted by molar-refractivity contribution is 7.09. The highest BCUT2D eigenvalue weighted by Gasteiger charge is 2.29. The van der Waals surface area contributed by atoms with Gasteiger partial charge in [-0.3, -0.25) is 4.79 Å². The summed E-state index contributed by atoms with van der Waals surface area (Å²) in [5, 5.41) is 0.966. The van der Waals surface area contributed by atoms with Crippen LogP contribution in [-0.4, -0.2) is 46.3 Å². The average Bonchev–Trinajstić information content (AvgIpc) is 3.38. The van der Waals surface area contributed by atoms with Crippen LogP contribution in [0.4, 0.5) is 9.52 Å². The van der Waals surface area contributed by atoms with Crippen LogP contribution in [0.25, 0.3) is 0 Å². The fourth-order valence-corrected chi connectivity index (χ4v) is 3.75. The van der Waals surface area contributed by atoms with Gasteiger partial charge in [0, 0.05) is 49.2 Å². The molecule has 1 aliphatic carbocycles. The first-order chi connectivity index (χ1) is 11.7. The van der Waals surface area contributed by atoms with Crippen molar-refractivity contribution >= 4 is 22.6 Å². The molecule has 0 N–H and O–H groups in total. The van der Waals surface area contributed by atoms with E-state index in [1.165, 1.54) is 36.5 Å². The Kier molecular flexibility index (Phi) is 4.18. The van der Waals surface area contributed by atoms with Crippen LogP contribution in [0.2, 0.25) is 0 Å². The number of carbonyl (C=O) groups is 1. The first kappa shape index (κ1) is 15.5. The molecule has 4 rings (SSSR count). The molecule has 1 amide bonds. The van der Waals surface area contributed by atoms with Crippen molar-refractivity contribution in [3.05, 3.63) is 41.5 Å². The summed E-state index contributed by atoms with van der Waals surface area (Å²) < 4.78 is 17.5. The molecule has 126 valence electrons. The number of halogens is 1. The van der Waals surface area contributed by atoms with E-state index in [9.17, 15) is 9.18 Å². The Morgan fingerprint density at radius 1 is 1.12 bits per heavy atom. The second kappa shape index (κ2) is 6.47. The maximum absolute atomic E-state index is 13.0. The molecule has 2 aliphatic rings. The second-order valence-electron chi connectivity index (χ2n) is 6.35. The predicted octanol–water partition coefficient (Wildman–Crippen LogP) is 2.91. The van der Waals surface area contributed by atoms with E-state index < -0.39 is 0 Å². The molecular weight excluding hydrogens is 327 g/mol. The molecule has 24 heavy (non-hydrogen) atoms. The van der Waals surface area contributed by atoms with Crippen molar-refractivity contribution in [1.82, 2.24) is 14.3 Å². The SMILES string of the molecule is O=C(c1ccc(F)cc1)N1CCCN(c2nc(C3CC3)ns2)CC1. The zero-order valence-corrected chi connectivity index (χ0v) is 14.1. The second-order valence-corrected chi connectivity index (χ2v) is 7.08. The summed E-state index contributed by atoms with van der Waals surface area (Å²) in [7, 11) is 0. The number of carbonyl (C=O) groups excluding carboxylic acids is 1. The van der Waals surface area contributed by atoms with Gasteiger partial charge in [0.05, 0.1) is 0 Å². The van der Waals surface area contributed by atoms with Crippen LogP contribution in [0, 0.1) is 5.82 Å². The van der Waals surface area contributed by atoms with Gasteiger partial charge in [0.1, 0.15) is 11.6 Å². The molecule has 0 radical (unpaired) electrons. The van der Waals surface area contributed by atoms with Gasteiger partial charge in [-0.15, -0.1) is 0 Å². The molecule has 0 spiro atoms. The Balaban J connectivity index is 1.41. The molecule has 5 nitrogen and oxygen atoms in total. The lowest BCUT2D eigenvalue weighted by molar-refractivity contribution is 0.0767. The molecule has 2 fully saturated rings. The minimum atomic E-state index is -0.323. The van der Waals surface area contributed by atoms with Crippen LogP contribution in [0.1, 0.15) is 41.4 Å². The van der Waals surface area contributed by atoms with Gasteiger partial charge in [-0.05, 0) is 43.5 Å². The Bertz CT molecular complexity index is 728. The molecule has 1 saturated heterocycles. The van der Waals surface area contributed by atoms with Crippen molar-refractivity contribution in [3.63, 3.8) is 0 Å². The summed E-state index contributed by atoms with van der Waals surface area (Å²) in [6, 6.07) is 5.76. The molecule has 1 aromatic heterocycles. The van der Waals surface area contributed by atoms with Gasteiger partial charge in [0.2, 0.25) is 5.13 Å². The first-order valence-electron chi connectivity index (χ1n) is 8.34. The molecule has 2 heterocycles. The molecule has 7 heteroatoms. The van der Waals surface area contributed by atoms with Crippen molar-refractivity contribution in [2.24, 2.45) is 0 Å². The lowest BCUT2D eigenvalue weighted by Crippen LogP contribution is -2.35. The summed E-state index contributed by atoms with van der Waals surface area (Å²) in [6.45, 7) is 2.99. The van der Waals surface area contributed by atoms with E-state index in [1.807, 2.05) is 4.90 Å². The minimum absolute atomic E-state index is 0.0345. The molecule has 0 bridgehead atoms. The van der Waals surface area contributed by atoms with Crippen LogP contribution in [0.5, 0.6) is 0 Å². The van der Waals surface area contributed by atoms with Crippen LogP contribution in [0.3, 0.4) is 0 Å². The normalized spacial score (nSPS) is 18.5. The number of rotatable bonds is 3. The molecule has 0 atom stereocenters. The van der Waals surface area contributed by atoms with Gasteiger partial charge in [-0.1, -0.05) is 0 Å². The first-order valence-corrected chi connectivity index (χ1v) is 9.11. The van der Waals surface area contributed by atoms with Crippen LogP contribution >= 0.6 is 11.5 Å². The maximum atomic E-state index is 13.0. The van der Waals surface area contributed by atoms with Crippen LogP contribution < -0.4 is 4.90 Å². The van der Waals surface area contributed by atoms with Crippen molar-refractivity contribution in [2.75, 3.05) is 31.1 Å². The lowest BCUT2D eigenvalue weighted by Gasteiger charge is -2.21. The summed E-state index contributed by atoms with van der Waals surface area (Å²) in [6.07, 6.45) is 3.30. The number of benzene rings is 1. The van der Waals surface area contributed by atoms with Gasteiger partial charge >= 0.3 is 0 Å². The third kappa shape index (κ3) is 3.26. The highest BCUT2D eigenvalue weighted by Crippen LogP contribution is 2.39. The molecular formula is C17H19FN4OS. The third-order valence-corrected chi connectivity index (χ3v) is 5.31. The number of anilines is 1. The Labute approximate surface area is 144 Å². The standard InChI is InChI=1S/C17H19FN4OS/c18-14-6-4-13(5-7-14)16(23)21-8-1-9-22(11-10-21)17-19-15(20-24-17)12-2-3-12/h4-7,12H,1-3,8-11H2. The zero-order chi connectivity index (χ0) is 16.5. The fraction of sp³-hybridized carbons (Fsp3) is 0.471. The number of nitrogens with zero attached hydrogens (tertiary/aromatic N) is 4. The van der Waals surface area contributed by atoms with E-state index in [2.05, 4.69) is 14.3 Å². The number of hydrogen-bond donors (Lipinski definition) is 0. The van der Waals surface area contributed by atoms with Crippen LogP contribution in [-0.2, 0) is 0 Å². The summed E-state index contributed by atoms with van der Waals surface area (Å²) in [5.74, 6) is 1.20. The molecule has 2 aromatic rings. The van der Waals surface area contributed by atoms with E-state index in [0.717, 1.165) is 30.5 Å². The fourth-order valence-electron chi connectivity index (χ4n) is 2.95. The molecule has 0 unspecified atom stereocenters. The largest absolute Gasteiger partial charge is 0.345 e. The number of hydrogen-bond acceptors (Lipinski definition) is 5. The predicted molar refractivity (Wildman–Crippen MR) is 91.0 cm³/mol. The number of amides is 1. The van der Waals surface area contributed by atoms with Gasteiger partial charge in [0.25, 0.3) is 5.91 Å². The number of aromatic nitrogens is 2. The topological polar surface area (TPSA) is 49.3 Å². The van der Waals surface area contributed by atoms with Gasteiger partial charge in [-0.2, -0.15) is 4.37 Å². The smallest absolute Gasteiger partial charge is 0.253 e. The maximum Gasteiger partial charge on any atom is 0.253 e. The Morgan fingerprint density at radius 2 is 1.92 bits per heavy atom. The summed E-state index contributed by atoms with van der Waals surface area (Å²) in [5.41, 5.74) is 0.539. The Hall–Kier alpha value is -2.02. The van der Waals surface area contributed by atoms with Crippen molar-refractivity contribution in [1.29, 1.82) is 0 Å². The lowest BCUT2D eigenvalue weighted by atomic mass is 10.2. The van der Waals surface area contributed by atoms with E-state index in [1.54, 1.807) is 12.1 Å². The average molecular weight is 346 g/mol. The monoisotopic (exact) mass is 346 g/mol. The van der Waals surface area contributed by atoms with Gasteiger partial charge < -0.3 is 9.80 Å².